The Bertz CT molecular complexity index is 658. The van der Waals surface area contributed by atoms with E-state index in [1.54, 1.807) is 29.2 Å². The standard InChI is InChI=1S/C20H29N3O4/c1-14(2)22-20(26)21-11-16-6-8-17(9-7-16)19(25)27-13-18(24)23-10-4-5-15(3)12-23/h6-9,14-15H,4-5,10-13H2,1-3H3,(H2,21,22,26)/t15-/m1/s1. The first-order valence-electron chi connectivity index (χ1n) is 9.43. The predicted octanol–water partition coefficient (Wildman–Crippen LogP) is 2.31. The Labute approximate surface area is 160 Å². The third-order valence-corrected chi connectivity index (χ3v) is 4.40. The van der Waals surface area contributed by atoms with Crippen LogP contribution >= 0.6 is 0 Å². The maximum absolute atomic E-state index is 12.2. The zero-order valence-electron chi connectivity index (χ0n) is 16.3. The summed E-state index contributed by atoms with van der Waals surface area (Å²) < 4.78 is 5.15. The maximum atomic E-state index is 12.2. The van der Waals surface area contributed by atoms with Gasteiger partial charge in [0.25, 0.3) is 5.91 Å². The molecule has 0 radical (unpaired) electrons. The van der Waals surface area contributed by atoms with Crippen molar-refractivity contribution in [1.82, 2.24) is 15.5 Å². The molecule has 7 heteroatoms. The Morgan fingerprint density at radius 2 is 1.93 bits per heavy atom. The fraction of sp³-hybridized carbons (Fsp3) is 0.550. The largest absolute Gasteiger partial charge is 0.452 e. The summed E-state index contributed by atoms with van der Waals surface area (Å²) in [5, 5.41) is 5.48. The molecular weight excluding hydrogens is 346 g/mol. The molecule has 0 spiro atoms. The summed E-state index contributed by atoms with van der Waals surface area (Å²) in [6.45, 7) is 7.47. The average Bonchev–Trinajstić information content (AvgIpc) is 2.64. The highest BCUT2D eigenvalue weighted by Crippen LogP contribution is 2.15. The molecule has 1 heterocycles. The first kappa shape index (κ1) is 20.7. The molecule has 1 atom stereocenters. The average molecular weight is 375 g/mol. The zero-order valence-corrected chi connectivity index (χ0v) is 16.3. The van der Waals surface area contributed by atoms with Crippen LogP contribution in [0.4, 0.5) is 4.79 Å². The molecular formula is C20H29N3O4. The predicted molar refractivity (Wildman–Crippen MR) is 102 cm³/mol. The van der Waals surface area contributed by atoms with E-state index in [2.05, 4.69) is 17.6 Å². The first-order valence-corrected chi connectivity index (χ1v) is 9.43. The maximum Gasteiger partial charge on any atom is 0.338 e. The van der Waals surface area contributed by atoms with Gasteiger partial charge in [-0.05, 0) is 50.3 Å². The number of nitrogens with one attached hydrogen (secondary N) is 2. The van der Waals surface area contributed by atoms with E-state index in [4.69, 9.17) is 4.74 Å². The van der Waals surface area contributed by atoms with Crippen LogP contribution in [0.3, 0.4) is 0 Å². The summed E-state index contributed by atoms with van der Waals surface area (Å²) in [5.74, 6) is -0.181. The molecule has 2 N–H and O–H groups in total. The first-order chi connectivity index (χ1) is 12.8. The van der Waals surface area contributed by atoms with Crippen LogP contribution in [0.2, 0.25) is 0 Å². The van der Waals surface area contributed by atoms with Crippen molar-refractivity contribution < 1.29 is 19.1 Å². The Kier molecular flexibility index (Phi) is 7.64. The molecule has 3 amide bonds. The highest BCUT2D eigenvalue weighted by molar-refractivity contribution is 5.91. The van der Waals surface area contributed by atoms with E-state index in [9.17, 15) is 14.4 Å². The molecule has 1 aromatic rings. The normalized spacial score (nSPS) is 16.7. The number of hydrogen-bond acceptors (Lipinski definition) is 4. The van der Waals surface area contributed by atoms with Crippen LogP contribution in [0, 0.1) is 5.92 Å². The molecule has 1 aliphatic heterocycles. The van der Waals surface area contributed by atoms with Gasteiger partial charge in [-0.2, -0.15) is 0 Å². The summed E-state index contributed by atoms with van der Waals surface area (Å²) in [6.07, 6.45) is 2.12. The molecule has 7 nitrogen and oxygen atoms in total. The second-order valence-corrected chi connectivity index (χ2v) is 7.34. The number of nitrogens with zero attached hydrogens (tertiary/aromatic N) is 1. The summed E-state index contributed by atoms with van der Waals surface area (Å²) in [5.41, 5.74) is 1.24. The highest BCUT2D eigenvalue weighted by atomic mass is 16.5. The minimum atomic E-state index is -0.523. The molecule has 0 unspecified atom stereocenters. The van der Waals surface area contributed by atoms with Crippen LogP contribution < -0.4 is 10.6 Å². The number of esters is 1. The van der Waals surface area contributed by atoms with Crippen LogP contribution in [-0.2, 0) is 16.1 Å². The Morgan fingerprint density at radius 1 is 1.22 bits per heavy atom. The van der Waals surface area contributed by atoms with Gasteiger partial charge < -0.3 is 20.3 Å². The van der Waals surface area contributed by atoms with Crippen LogP contribution in [0.5, 0.6) is 0 Å². The van der Waals surface area contributed by atoms with Gasteiger partial charge in [0, 0.05) is 25.7 Å². The number of carbonyl (C=O) groups is 3. The lowest BCUT2D eigenvalue weighted by Crippen LogP contribution is -2.41. The Balaban J connectivity index is 1.77. The van der Waals surface area contributed by atoms with Crippen molar-refractivity contribution in [2.45, 2.75) is 46.2 Å². The second-order valence-electron chi connectivity index (χ2n) is 7.34. The third kappa shape index (κ3) is 6.92. The number of rotatable bonds is 6. The highest BCUT2D eigenvalue weighted by Gasteiger charge is 2.22. The van der Waals surface area contributed by atoms with Crippen molar-refractivity contribution in [3.8, 4) is 0 Å². The number of hydrogen-bond donors (Lipinski definition) is 2. The molecule has 0 bridgehead atoms. The van der Waals surface area contributed by atoms with Crippen molar-refractivity contribution in [2.24, 2.45) is 5.92 Å². The molecule has 148 valence electrons. The van der Waals surface area contributed by atoms with Crippen molar-refractivity contribution in [3.05, 3.63) is 35.4 Å². The van der Waals surface area contributed by atoms with Crippen LogP contribution in [0.1, 0.15) is 49.5 Å². The molecule has 0 saturated carbocycles. The van der Waals surface area contributed by atoms with E-state index in [0.29, 0.717) is 18.0 Å². The molecule has 0 aromatic heterocycles. The number of carbonyl (C=O) groups excluding carboxylic acids is 3. The molecule has 1 aromatic carbocycles. The number of urea groups is 1. The summed E-state index contributed by atoms with van der Waals surface area (Å²) in [4.78, 5) is 37.6. The minimum Gasteiger partial charge on any atom is -0.452 e. The van der Waals surface area contributed by atoms with Crippen molar-refractivity contribution >= 4 is 17.9 Å². The number of benzene rings is 1. The smallest absolute Gasteiger partial charge is 0.338 e. The van der Waals surface area contributed by atoms with Crippen molar-refractivity contribution in [3.63, 3.8) is 0 Å². The zero-order chi connectivity index (χ0) is 19.8. The van der Waals surface area contributed by atoms with Gasteiger partial charge in [-0.3, -0.25) is 4.79 Å². The van der Waals surface area contributed by atoms with Gasteiger partial charge in [0.1, 0.15) is 0 Å². The lowest BCUT2D eigenvalue weighted by Gasteiger charge is -2.30. The Hall–Kier alpha value is -2.57. The van der Waals surface area contributed by atoms with Crippen molar-refractivity contribution in [1.29, 1.82) is 0 Å². The second kappa shape index (κ2) is 9.94. The van der Waals surface area contributed by atoms with E-state index >= 15 is 0 Å². The molecule has 1 aliphatic rings. The molecule has 27 heavy (non-hydrogen) atoms. The van der Waals surface area contributed by atoms with Gasteiger partial charge >= 0.3 is 12.0 Å². The third-order valence-electron chi connectivity index (χ3n) is 4.40. The van der Waals surface area contributed by atoms with Crippen LogP contribution in [0.15, 0.2) is 24.3 Å². The van der Waals surface area contributed by atoms with Gasteiger partial charge in [0.05, 0.1) is 5.56 Å². The summed E-state index contributed by atoms with van der Waals surface area (Å²) in [7, 11) is 0. The fourth-order valence-corrected chi connectivity index (χ4v) is 2.97. The van der Waals surface area contributed by atoms with Crippen molar-refractivity contribution in [2.75, 3.05) is 19.7 Å². The minimum absolute atomic E-state index is 0.0676. The van der Waals surface area contributed by atoms with E-state index in [1.807, 2.05) is 13.8 Å². The molecule has 1 saturated heterocycles. The van der Waals surface area contributed by atoms with E-state index in [-0.39, 0.29) is 24.6 Å². The number of piperidine rings is 1. The van der Waals surface area contributed by atoms with Gasteiger partial charge in [0.2, 0.25) is 0 Å². The number of ether oxygens (including phenoxy) is 1. The topological polar surface area (TPSA) is 87.7 Å². The molecule has 2 rings (SSSR count). The van der Waals surface area contributed by atoms with Crippen LogP contribution in [-0.4, -0.2) is 48.5 Å². The van der Waals surface area contributed by atoms with E-state index in [0.717, 1.165) is 31.5 Å². The summed E-state index contributed by atoms with van der Waals surface area (Å²) in [6, 6.07) is 6.60. The lowest BCUT2D eigenvalue weighted by atomic mass is 10.0. The monoisotopic (exact) mass is 375 g/mol. The Morgan fingerprint density at radius 3 is 2.56 bits per heavy atom. The lowest BCUT2D eigenvalue weighted by molar-refractivity contribution is -0.136. The molecule has 1 fully saturated rings. The number of amides is 3. The van der Waals surface area contributed by atoms with Gasteiger partial charge in [-0.15, -0.1) is 0 Å². The van der Waals surface area contributed by atoms with Gasteiger partial charge in [0.15, 0.2) is 6.61 Å². The van der Waals surface area contributed by atoms with Gasteiger partial charge in [-0.1, -0.05) is 19.1 Å². The fourth-order valence-electron chi connectivity index (χ4n) is 2.97. The van der Waals surface area contributed by atoms with Crippen LogP contribution in [0.25, 0.3) is 0 Å². The van der Waals surface area contributed by atoms with Gasteiger partial charge in [-0.25, -0.2) is 9.59 Å². The van der Waals surface area contributed by atoms with E-state index < -0.39 is 5.97 Å². The quantitative estimate of drug-likeness (QED) is 0.747. The number of likely N-dealkylation sites (tertiary alicyclic amines) is 1. The van der Waals surface area contributed by atoms with E-state index in [1.165, 1.54) is 0 Å². The molecule has 0 aliphatic carbocycles. The summed E-state index contributed by atoms with van der Waals surface area (Å²) >= 11 is 0. The SMILES string of the molecule is CC(C)NC(=O)NCc1ccc(C(=O)OCC(=O)N2CCC[C@@H](C)C2)cc1.